The SMILES string of the molecule is c1ccc(N(c2ccc(-c3cccc(-c4cccc5ccccc45)c3)cc2)c2cc3ccccc3c3ccccc23)cc1. The first kappa shape index (κ1) is 25.1. The Morgan fingerprint density at radius 3 is 1.70 bits per heavy atom. The third kappa shape index (κ3) is 4.52. The van der Waals surface area contributed by atoms with Gasteiger partial charge in [-0.3, -0.25) is 0 Å². The lowest BCUT2D eigenvalue weighted by molar-refractivity contribution is 1.30. The molecular weight excluding hydrogens is 518 g/mol. The molecule has 0 saturated carbocycles. The first-order chi connectivity index (χ1) is 21.3. The molecule has 0 N–H and O–H groups in total. The molecule has 0 aliphatic heterocycles. The minimum absolute atomic E-state index is 1.13. The maximum absolute atomic E-state index is 2.38. The molecule has 0 aliphatic rings. The van der Waals surface area contributed by atoms with Crippen molar-refractivity contribution in [3.8, 4) is 22.3 Å². The van der Waals surface area contributed by atoms with E-state index in [1.54, 1.807) is 0 Å². The minimum atomic E-state index is 1.13. The molecular formula is C42H29N. The summed E-state index contributed by atoms with van der Waals surface area (Å²) >= 11 is 0. The van der Waals surface area contributed by atoms with Crippen molar-refractivity contribution in [1.29, 1.82) is 0 Å². The Kier molecular flexibility index (Phi) is 6.20. The second-order valence-electron chi connectivity index (χ2n) is 11.0. The number of hydrogen-bond acceptors (Lipinski definition) is 1. The number of fused-ring (bicyclic) bond motifs is 4. The summed E-state index contributed by atoms with van der Waals surface area (Å²) in [4.78, 5) is 2.38. The van der Waals surface area contributed by atoms with E-state index in [0.29, 0.717) is 0 Å². The molecule has 0 amide bonds. The first-order valence-electron chi connectivity index (χ1n) is 14.8. The van der Waals surface area contributed by atoms with E-state index in [9.17, 15) is 0 Å². The molecule has 0 fully saturated rings. The molecule has 0 bridgehead atoms. The summed E-state index contributed by atoms with van der Waals surface area (Å²) < 4.78 is 0. The predicted octanol–water partition coefficient (Wildman–Crippen LogP) is 11.9. The Morgan fingerprint density at radius 2 is 0.884 bits per heavy atom. The van der Waals surface area contributed by atoms with Crippen molar-refractivity contribution >= 4 is 49.4 Å². The van der Waals surface area contributed by atoms with Crippen LogP contribution in [-0.2, 0) is 0 Å². The number of rotatable bonds is 5. The summed E-state index contributed by atoms with van der Waals surface area (Å²) in [7, 11) is 0. The van der Waals surface area contributed by atoms with Crippen LogP contribution < -0.4 is 4.90 Å². The number of anilines is 3. The summed E-state index contributed by atoms with van der Waals surface area (Å²) in [5.41, 5.74) is 8.32. The molecule has 8 rings (SSSR count). The minimum Gasteiger partial charge on any atom is -0.310 e. The van der Waals surface area contributed by atoms with Crippen LogP contribution in [-0.4, -0.2) is 0 Å². The van der Waals surface area contributed by atoms with Crippen LogP contribution in [0.5, 0.6) is 0 Å². The van der Waals surface area contributed by atoms with Crippen LogP contribution in [0.15, 0.2) is 176 Å². The van der Waals surface area contributed by atoms with Crippen molar-refractivity contribution in [1.82, 2.24) is 0 Å². The number of para-hydroxylation sites is 1. The largest absolute Gasteiger partial charge is 0.310 e. The Balaban J connectivity index is 1.24. The van der Waals surface area contributed by atoms with E-state index in [2.05, 4.69) is 181 Å². The van der Waals surface area contributed by atoms with Crippen LogP contribution in [0.25, 0.3) is 54.6 Å². The smallest absolute Gasteiger partial charge is 0.0546 e. The molecule has 0 atom stereocenters. The normalized spacial score (nSPS) is 11.3. The van der Waals surface area contributed by atoms with E-state index in [1.807, 2.05) is 0 Å². The monoisotopic (exact) mass is 547 g/mol. The molecule has 0 unspecified atom stereocenters. The molecule has 43 heavy (non-hydrogen) atoms. The fourth-order valence-electron chi connectivity index (χ4n) is 6.37. The topological polar surface area (TPSA) is 3.24 Å². The van der Waals surface area contributed by atoms with Gasteiger partial charge in [0.25, 0.3) is 0 Å². The number of nitrogens with zero attached hydrogens (tertiary/aromatic N) is 1. The highest BCUT2D eigenvalue weighted by molar-refractivity contribution is 6.14. The Labute approximate surface area is 251 Å². The molecule has 202 valence electrons. The molecule has 0 spiro atoms. The Morgan fingerprint density at radius 1 is 0.302 bits per heavy atom. The van der Waals surface area contributed by atoms with Crippen molar-refractivity contribution in [2.75, 3.05) is 4.90 Å². The summed E-state index contributed by atoms with van der Waals surface area (Å²) in [6.45, 7) is 0. The summed E-state index contributed by atoms with van der Waals surface area (Å²) in [6.07, 6.45) is 0. The average Bonchev–Trinajstić information content (AvgIpc) is 3.09. The van der Waals surface area contributed by atoms with Crippen LogP contribution in [0, 0.1) is 0 Å². The van der Waals surface area contributed by atoms with E-state index in [-0.39, 0.29) is 0 Å². The lowest BCUT2D eigenvalue weighted by atomic mass is 9.95. The van der Waals surface area contributed by atoms with Crippen LogP contribution in [0.4, 0.5) is 17.1 Å². The number of benzene rings is 8. The van der Waals surface area contributed by atoms with Gasteiger partial charge in [-0.15, -0.1) is 0 Å². The summed E-state index contributed by atoms with van der Waals surface area (Å²) in [5.74, 6) is 0. The van der Waals surface area contributed by atoms with Gasteiger partial charge in [-0.2, -0.15) is 0 Å². The zero-order valence-electron chi connectivity index (χ0n) is 23.7. The van der Waals surface area contributed by atoms with Crippen molar-refractivity contribution in [2.24, 2.45) is 0 Å². The Hall–Kier alpha value is -5.66. The van der Waals surface area contributed by atoms with Gasteiger partial charge in [-0.25, -0.2) is 0 Å². The van der Waals surface area contributed by atoms with Gasteiger partial charge in [0, 0.05) is 16.8 Å². The van der Waals surface area contributed by atoms with E-state index >= 15 is 0 Å². The number of hydrogen-bond donors (Lipinski definition) is 0. The molecule has 0 aliphatic carbocycles. The summed E-state index contributed by atoms with van der Waals surface area (Å²) in [6, 6.07) is 63.4. The zero-order chi connectivity index (χ0) is 28.6. The summed E-state index contributed by atoms with van der Waals surface area (Å²) in [5, 5.41) is 7.54. The lowest BCUT2D eigenvalue weighted by Crippen LogP contribution is -2.10. The van der Waals surface area contributed by atoms with Gasteiger partial charge in [-0.05, 0) is 85.6 Å². The Bertz CT molecular complexity index is 2220. The van der Waals surface area contributed by atoms with E-state index in [4.69, 9.17) is 0 Å². The van der Waals surface area contributed by atoms with Crippen LogP contribution in [0.3, 0.4) is 0 Å². The van der Waals surface area contributed by atoms with Gasteiger partial charge in [0.1, 0.15) is 0 Å². The molecule has 1 heteroatoms. The van der Waals surface area contributed by atoms with Gasteiger partial charge >= 0.3 is 0 Å². The van der Waals surface area contributed by atoms with E-state index in [1.165, 1.54) is 60.3 Å². The van der Waals surface area contributed by atoms with Crippen molar-refractivity contribution in [2.45, 2.75) is 0 Å². The third-order valence-corrected chi connectivity index (χ3v) is 8.42. The fourth-order valence-corrected chi connectivity index (χ4v) is 6.37. The van der Waals surface area contributed by atoms with E-state index < -0.39 is 0 Å². The molecule has 0 heterocycles. The van der Waals surface area contributed by atoms with Crippen LogP contribution in [0.1, 0.15) is 0 Å². The molecule has 0 saturated heterocycles. The van der Waals surface area contributed by atoms with Crippen LogP contribution >= 0.6 is 0 Å². The molecule has 8 aromatic carbocycles. The maximum atomic E-state index is 2.38. The highest BCUT2D eigenvalue weighted by atomic mass is 15.1. The van der Waals surface area contributed by atoms with Crippen molar-refractivity contribution < 1.29 is 0 Å². The van der Waals surface area contributed by atoms with Crippen molar-refractivity contribution in [3.63, 3.8) is 0 Å². The van der Waals surface area contributed by atoms with Crippen molar-refractivity contribution in [3.05, 3.63) is 176 Å². The predicted molar refractivity (Wildman–Crippen MR) is 185 cm³/mol. The van der Waals surface area contributed by atoms with Gasteiger partial charge in [-0.1, -0.05) is 140 Å². The zero-order valence-corrected chi connectivity index (χ0v) is 23.7. The van der Waals surface area contributed by atoms with Crippen LogP contribution in [0.2, 0.25) is 0 Å². The molecule has 8 aromatic rings. The first-order valence-corrected chi connectivity index (χ1v) is 14.8. The van der Waals surface area contributed by atoms with E-state index in [0.717, 1.165) is 11.4 Å². The lowest BCUT2D eigenvalue weighted by Gasteiger charge is -2.27. The standard InChI is InChI=1S/C42H29N/c1-2-17-35(18-3-1)43(42-29-34-13-5-7-20-39(34)40-21-8-9-22-41(40)42)36-26-24-30(25-27-36)32-15-10-16-33(28-32)38-23-11-14-31-12-4-6-19-37(31)38/h1-29H. The average molecular weight is 548 g/mol. The second-order valence-corrected chi connectivity index (χ2v) is 11.0. The molecule has 0 radical (unpaired) electrons. The highest BCUT2D eigenvalue weighted by Gasteiger charge is 2.17. The second kappa shape index (κ2) is 10.6. The molecule has 0 aromatic heterocycles. The fraction of sp³-hybridized carbons (Fsp3) is 0. The molecule has 1 nitrogen and oxygen atoms in total. The quantitative estimate of drug-likeness (QED) is 0.194. The third-order valence-electron chi connectivity index (χ3n) is 8.42. The van der Waals surface area contributed by atoms with Gasteiger partial charge in [0.15, 0.2) is 0 Å². The van der Waals surface area contributed by atoms with Gasteiger partial charge < -0.3 is 4.90 Å². The highest BCUT2D eigenvalue weighted by Crippen LogP contribution is 2.42. The van der Waals surface area contributed by atoms with Gasteiger partial charge in [0.2, 0.25) is 0 Å². The maximum Gasteiger partial charge on any atom is 0.0546 e. The van der Waals surface area contributed by atoms with Gasteiger partial charge in [0.05, 0.1) is 5.69 Å².